The normalized spacial score (nSPS) is 20.3. The summed E-state index contributed by atoms with van der Waals surface area (Å²) < 4.78 is 0. The first-order chi connectivity index (χ1) is 5.33. The van der Waals surface area contributed by atoms with Crippen molar-refractivity contribution in [2.45, 2.75) is 32.6 Å². The van der Waals surface area contributed by atoms with Crippen LogP contribution in [0.5, 0.6) is 0 Å². The summed E-state index contributed by atoms with van der Waals surface area (Å²) in [6.45, 7) is 3.06. The number of nitrogens with one attached hydrogen (secondary N) is 1. The fourth-order valence-corrected chi connectivity index (χ4v) is 1.25. The fraction of sp³-hybridized carbons (Fsp3) is 0.667. The first kappa shape index (κ1) is 8.31. The van der Waals surface area contributed by atoms with Gasteiger partial charge in [0.1, 0.15) is 0 Å². The molecule has 0 unspecified atom stereocenters. The molecule has 11 heavy (non-hydrogen) atoms. The highest BCUT2D eigenvalue weighted by atomic mass is 16.1. The van der Waals surface area contributed by atoms with Gasteiger partial charge in [-0.25, -0.2) is 0 Å². The van der Waals surface area contributed by atoms with Gasteiger partial charge in [0.15, 0.2) is 5.78 Å². The highest BCUT2D eigenvalue weighted by Crippen LogP contribution is 2.08. The van der Waals surface area contributed by atoms with Crippen LogP contribution in [-0.2, 0) is 4.79 Å². The van der Waals surface area contributed by atoms with Gasteiger partial charge in [0.05, 0.1) is 0 Å². The second-order valence-corrected chi connectivity index (χ2v) is 2.92. The van der Waals surface area contributed by atoms with Crippen molar-refractivity contribution in [3.8, 4) is 0 Å². The van der Waals surface area contributed by atoms with Crippen molar-refractivity contribution in [3.63, 3.8) is 0 Å². The summed E-state index contributed by atoms with van der Waals surface area (Å²) in [6.07, 6.45) is 5.62. The largest absolute Gasteiger partial charge is 0.388 e. The molecule has 0 aromatic heterocycles. The Morgan fingerprint density at radius 3 is 3.09 bits per heavy atom. The summed E-state index contributed by atoms with van der Waals surface area (Å²) in [7, 11) is 0. The van der Waals surface area contributed by atoms with Crippen molar-refractivity contribution in [2.24, 2.45) is 0 Å². The van der Waals surface area contributed by atoms with Gasteiger partial charge in [-0.3, -0.25) is 4.79 Å². The third-order valence-electron chi connectivity index (χ3n) is 1.81. The minimum absolute atomic E-state index is 0.261. The molecule has 1 rings (SSSR count). The molecule has 2 nitrogen and oxygen atoms in total. The Morgan fingerprint density at radius 2 is 2.55 bits per heavy atom. The molecule has 1 heterocycles. The summed E-state index contributed by atoms with van der Waals surface area (Å²) in [4.78, 5) is 11.1. The number of ketones is 1. The predicted molar refractivity (Wildman–Crippen MR) is 45.2 cm³/mol. The second-order valence-electron chi connectivity index (χ2n) is 2.92. The van der Waals surface area contributed by atoms with Crippen molar-refractivity contribution in [1.29, 1.82) is 0 Å². The van der Waals surface area contributed by atoms with E-state index in [0.29, 0.717) is 6.42 Å². The van der Waals surface area contributed by atoms with Gasteiger partial charge >= 0.3 is 0 Å². The summed E-state index contributed by atoms with van der Waals surface area (Å²) in [5.74, 6) is 0.261. The molecule has 1 aliphatic heterocycles. The summed E-state index contributed by atoms with van der Waals surface area (Å²) in [5, 5.41) is 3.19. The Kier molecular flexibility index (Phi) is 3.14. The van der Waals surface area contributed by atoms with Gasteiger partial charge in [0.25, 0.3) is 0 Å². The number of rotatable bonds is 3. The van der Waals surface area contributed by atoms with E-state index in [2.05, 4.69) is 5.32 Å². The van der Waals surface area contributed by atoms with Crippen LogP contribution in [0.15, 0.2) is 11.8 Å². The van der Waals surface area contributed by atoms with Gasteiger partial charge in [-0.1, -0.05) is 6.92 Å². The Labute approximate surface area is 67.7 Å². The van der Waals surface area contributed by atoms with Crippen LogP contribution in [0.3, 0.4) is 0 Å². The molecule has 0 amide bonds. The highest BCUT2D eigenvalue weighted by Gasteiger charge is 2.06. The zero-order valence-corrected chi connectivity index (χ0v) is 7.02. The van der Waals surface area contributed by atoms with E-state index in [0.717, 1.165) is 25.1 Å². The molecule has 1 aliphatic rings. The van der Waals surface area contributed by atoms with Crippen LogP contribution in [-0.4, -0.2) is 12.3 Å². The molecule has 2 heteroatoms. The number of hydrogen-bond donors (Lipinski definition) is 1. The molecule has 0 saturated carbocycles. The van der Waals surface area contributed by atoms with Gasteiger partial charge in [0, 0.05) is 24.7 Å². The Hall–Kier alpha value is -0.790. The summed E-state index contributed by atoms with van der Waals surface area (Å²) >= 11 is 0. The van der Waals surface area contributed by atoms with Crippen LogP contribution in [0.1, 0.15) is 32.6 Å². The molecular weight excluding hydrogens is 138 g/mol. The quantitative estimate of drug-likeness (QED) is 0.624. The fourth-order valence-electron chi connectivity index (χ4n) is 1.25. The number of hydrogen-bond acceptors (Lipinski definition) is 2. The number of allylic oxidation sites excluding steroid dienone is 2. The molecule has 0 bridgehead atoms. The Morgan fingerprint density at radius 1 is 1.73 bits per heavy atom. The number of carbonyl (C=O) groups is 1. The zero-order valence-electron chi connectivity index (χ0n) is 7.02. The molecule has 0 aromatic carbocycles. The van der Waals surface area contributed by atoms with Crippen molar-refractivity contribution in [2.75, 3.05) is 6.54 Å². The first-order valence-corrected chi connectivity index (χ1v) is 4.30. The maximum atomic E-state index is 11.1. The van der Waals surface area contributed by atoms with E-state index in [1.54, 1.807) is 6.08 Å². The van der Waals surface area contributed by atoms with Gasteiger partial charge in [0.2, 0.25) is 0 Å². The third-order valence-corrected chi connectivity index (χ3v) is 1.81. The summed E-state index contributed by atoms with van der Waals surface area (Å²) in [5.41, 5.74) is 1.13. The second kappa shape index (κ2) is 4.16. The van der Waals surface area contributed by atoms with Crippen molar-refractivity contribution >= 4 is 5.78 Å². The SMILES string of the molecule is CCCC(=O)/C=C1/CCCN1. The molecule has 0 aromatic rings. The molecule has 0 spiro atoms. The number of carbonyl (C=O) groups excluding carboxylic acids is 1. The van der Waals surface area contributed by atoms with E-state index < -0.39 is 0 Å². The van der Waals surface area contributed by atoms with E-state index in [1.165, 1.54) is 6.42 Å². The van der Waals surface area contributed by atoms with Crippen LogP contribution < -0.4 is 5.32 Å². The minimum Gasteiger partial charge on any atom is -0.388 e. The monoisotopic (exact) mass is 153 g/mol. The topological polar surface area (TPSA) is 29.1 Å². The van der Waals surface area contributed by atoms with Crippen LogP contribution in [0.25, 0.3) is 0 Å². The van der Waals surface area contributed by atoms with Gasteiger partial charge in [-0.05, 0) is 19.3 Å². The molecule has 1 saturated heterocycles. The van der Waals surface area contributed by atoms with Gasteiger partial charge in [-0.2, -0.15) is 0 Å². The van der Waals surface area contributed by atoms with Crippen molar-refractivity contribution in [3.05, 3.63) is 11.8 Å². The summed E-state index contributed by atoms with van der Waals surface area (Å²) in [6, 6.07) is 0. The van der Waals surface area contributed by atoms with E-state index >= 15 is 0 Å². The predicted octanol–water partition coefficient (Wildman–Crippen LogP) is 1.62. The van der Waals surface area contributed by atoms with E-state index in [1.807, 2.05) is 6.92 Å². The molecule has 1 fully saturated rings. The third kappa shape index (κ3) is 2.74. The van der Waals surface area contributed by atoms with Crippen molar-refractivity contribution < 1.29 is 4.79 Å². The maximum Gasteiger partial charge on any atom is 0.157 e. The minimum atomic E-state index is 0.261. The lowest BCUT2D eigenvalue weighted by Crippen LogP contribution is -2.05. The molecule has 0 atom stereocenters. The first-order valence-electron chi connectivity index (χ1n) is 4.30. The lowest BCUT2D eigenvalue weighted by atomic mass is 10.2. The van der Waals surface area contributed by atoms with Crippen LogP contribution in [0.2, 0.25) is 0 Å². The van der Waals surface area contributed by atoms with Crippen LogP contribution in [0.4, 0.5) is 0 Å². The van der Waals surface area contributed by atoms with E-state index in [4.69, 9.17) is 0 Å². The lowest BCUT2D eigenvalue weighted by molar-refractivity contribution is -0.114. The van der Waals surface area contributed by atoms with E-state index in [9.17, 15) is 4.79 Å². The molecule has 62 valence electrons. The Bertz CT molecular complexity index is 164. The standard InChI is InChI=1S/C9H15NO/c1-2-4-9(11)7-8-5-3-6-10-8/h7,10H,2-6H2,1H3/b8-7-. The Balaban J connectivity index is 2.36. The average Bonchev–Trinajstić information content (AvgIpc) is 2.40. The zero-order chi connectivity index (χ0) is 8.10. The highest BCUT2D eigenvalue weighted by molar-refractivity contribution is 5.90. The van der Waals surface area contributed by atoms with Crippen molar-refractivity contribution in [1.82, 2.24) is 5.32 Å². The average molecular weight is 153 g/mol. The van der Waals surface area contributed by atoms with Crippen LogP contribution >= 0.6 is 0 Å². The molecule has 0 radical (unpaired) electrons. The van der Waals surface area contributed by atoms with E-state index in [-0.39, 0.29) is 5.78 Å². The van der Waals surface area contributed by atoms with Gasteiger partial charge in [-0.15, -0.1) is 0 Å². The van der Waals surface area contributed by atoms with Crippen LogP contribution in [0, 0.1) is 0 Å². The van der Waals surface area contributed by atoms with Gasteiger partial charge < -0.3 is 5.32 Å². The lowest BCUT2D eigenvalue weighted by Gasteiger charge is -1.96. The molecular formula is C9H15NO. The maximum absolute atomic E-state index is 11.1. The molecule has 1 N–H and O–H groups in total. The molecule has 0 aliphatic carbocycles. The smallest absolute Gasteiger partial charge is 0.157 e.